The Labute approximate surface area is 176 Å². The number of carbonyl (C=O) groups excluding carboxylic acids is 1. The second-order valence-electron chi connectivity index (χ2n) is 9.26. The van der Waals surface area contributed by atoms with E-state index in [2.05, 4.69) is 28.6 Å². The van der Waals surface area contributed by atoms with Crippen LogP contribution in [0.25, 0.3) is 0 Å². The van der Waals surface area contributed by atoms with Gasteiger partial charge in [-0.1, -0.05) is 23.7 Å². The molecule has 162 valence electrons. The average Bonchev–Trinajstić information content (AvgIpc) is 3.17. The maximum absolute atomic E-state index is 12.8. The standard InChI is InChI=1S/C22H31N5O3/c1-2-3-4-18-13-27(25-23-18)20-9-16-11-26(22(28)19-7-8-30-24-19)12-17(16)10-21(20)29-14-15-5-6-15/h7-8,13,15-17,20-21H,2-6,9-12,14H2,1H3/t16-,17+,20-,21-/m1/s1. The van der Waals surface area contributed by atoms with Crippen LogP contribution in [0.3, 0.4) is 0 Å². The Bertz CT molecular complexity index is 847. The highest BCUT2D eigenvalue weighted by Crippen LogP contribution is 2.43. The van der Waals surface area contributed by atoms with Gasteiger partial charge >= 0.3 is 0 Å². The van der Waals surface area contributed by atoms with Crippen molar-refractivity contribution in [1.82, 2.24) is 25.1 Å². The maximum Gasteiger partial charge on any atom is 0.276 e. The van der Waals surface area contributed by atoms with Crippen LogP contribution in [0.1, 0.15) is 67.7 Å². The molecule has 2 aliphatic carbocycles. The van der Waals surface area contributed by atoms with E-state index in [4.69, 9.17) is 9.26 Å². The topological polar surface area (TPSA) is 86.3 Å². The Kier molecular flexibility index (Phi) is 5.58. The molecule has 5 rings (SSSR count). The summed E-state index contributed by atoms with van der Waals surface area (Å²) in [6, 6.07) is 1.83. The van der Waals surface area contributed by atoms with Crippen LogP contribution < -0.4 is 0 Å². The highest BCUT2D eigenvalue weighted by Gasteiger charge is 2.45. The number of ether oxygens (including phenoxy) is 1. The van der Waals surface area contributed by atoms with Gasteiger partial charge in [0.1, 0.15) is 6.26 Å². The summed E-state index contributed by atoms with van der Waals surface area (Å²) in [4.78, 5) is 14.7. The lowest BCUT2D eigenvalue weighted by molar-refractivity contribution is -0.0375. The molecule has 3 fully saturated rings. The summed E-state index contributed by atoms with van der Waals surface area (Å²) in [7, 11) is 0. The van der Waals surface area contributed by atoms with E-state index in [1.54, 1.807) is 6.07 Å². The molecule has 3 heterocycles. The van der Waals surface area contributed by atoms with Crippen LogP contribution in [-0.4, -0.2) is 56.8 Å². The van der Waals surface area contributed by atoms with E-state index in [1.807, 2.05) is 9.58 Å². The van der Waals surface area contributed by atoms with Gasteiger partial charge in [0.05, 0.1) is 17.8 Å². The molecule has 0 N–H and O–H groups in total. The minimum absolute atomic E-state index is 0.0345. The molecular formula is C22H31N5O3. The molecule has 0 aromatic carbocycles. The highest BCUT2D eigenvalue weighted by molar-refractivity contribution is 5.92. The fourth-order valence-corrected chi connectivity index (χ4v) is 4.99. The summed E-state index contributed by atoms with van der Waals surface area (Å²) in [5.41, 5.74) is 1.46. The number of aryl methyl sites for hydroxylation is 1. The number of rotatable bonds is 8. The van der Waals surface area contributed by atoms with Crippen molar-refractivity contribution in [3.8, 4) is 0 Å². The summed E-state index contributed by atoms with van der Waals surface area (Å²) in [5, 5.41) is 12.7. The number of hydrogen-bond acceptors (Lipinski definition) is 6. The van der Waals surface area contributed by atoms with Crippen LogP contribution in [0.2, 0.25) is 0 Å². The largest absolute Gasteiger partial charge is 0.376 e. The molecule has 4 atom stereocenters. The normalized spacial score (nSPS) is 28.6. The zero-order valence-electron chi connectivity index (χ0n) is 17.7. The second kappa shape index (κ2) is 8.49. The predicted molar refractivity (Wildman–Crippen MR) is 109 cm³/mol. The molecule has 2 aromatic rings. The first kappa shape index (κ1) is 19.7. The van der Waals surface area contributed by atoms with E-state index in [9.17, 15) is 4.79 Å². The van der Waals surface area contributed by atoms with Gasteiger partial charge in [-0.15, -0.1) is 5.10 Å². The Morgan fingerprint density at radius 2 is 2.10 bits per heavy atom. The molecule has 1 amide bonds. The molecule has 0 radical (unpaired) electrons. The van der Waals surface area contributed by atoms with Gasteiger partial charge in [0.2, 0.25) is 0 Å². The van der Waals surface area contributed by atoms with Crippen molar-refractivity contribution in [3.63, 3.8) is 0 Å². The minimum Gasteiger partial charge on any atom is -0.376 e. The van der Waals surface area contributed by atoms with Gasteiger partial charge in [-0.25, -0.2) is 4.68 Å². The smallest absolute Gasteiger partial charge is 0.276 e. The first-order valence-electron chi connectivity index (χ1n) is 11.4. The summed E-state index contributed by atoms with van der Waals surface area (Å²) in [5.74, 6) is 1.61. The number of amides is 1. The van der Waals surface area contributed by atoms with Gasteiger partial charge in [-0.2, -0.15) is 0 Å². The molecule has 1 aliphatic heterocycles. The van der Waals surface area contributed by atoms with E-state index in [0.29, 0.717) is 17.5 Å². The molecule has 0 spiro atoms. The Balaban J connectivity index is 1.30. The zero-order valence-corrected chi connectivity index (χ0v) is 17.7. The van der Waals surface area contributed by atoms with Gasteiger partial charge in [0.25, 0.3) is 5.91 Å². The number of carbonyl (C=O) groups is 1. The van der Waals surface area contributed by atoms with Crippen LogP contribution in [0.15, 0.2) is 23.0 Å². The van der Waals surface area contributed by atoms with Crippen LogP contribution in [0.4, 0.5) is 0 Å². The van der Waals surface area contributed by atoms with E-state index in [0.717, 1.165) is 63.4 Å². The Morgan fingerprint density at radius 1 is 1.27 bits per heavy atom. The first-order valence-corrected chi connectivity index (χ1v) is 11.4. The van der Waals surface area contributed by atoms with Gasteiger partial charge < -0.3 is 14.2 Å². The number of nitrogens with zero attached hydrogens (tertiary/aromatic N) is 5. The summed E-state index contributed by atoms with van der Waals surface area (Å²) < 4.78 is 13.3. The maximum atomic E-state index is 12.8. The summed E-state index contributed by atoms with van der Waals surface area (Å²) in [6.45, 7) is 4.57. The van der Waals surface area contributed by atoms with Gasteiger partial charge in [0.15, 0.2) is 5.69 Å². The third kappa shape index (κ3) is 4.15. The molecular weight excluding hydrogens is 382 g/mol. The van der Waals surface area contributed by atoms with Crippen LogP contribution in [0, 0.1) is 17.8 Å². The van der Waals surface area contributed by atoms with Crippen molar-refractivity contribution in [1.29, 1.82) is 0 Å². The predicted octanol–water partition coefficient (Wildman–Crippen LogP) is 3.13. The number of hydrogen-bond donors (Lipinski definition) is 0. The van der Waals surface area contributed by atoms with Crippen molar-refractivity contribution >= 4 is 5.91 Å². The zero-order chi connectivity index (χ0) is 20.5. The summed E-state index contributed by atoms with van der Waals surface area (Å²) >= 11 is 0. The van der Waals surface area contributed by atoms with E-state index in [-0.39, 0.29) is 18.1 Å². The molecule has 8 nitrogen and oxygen atoms in total. The monoisotopic (exact) mass is 413 g/mol. The van der Waals surface area contributed by atoms with Crippen molar-refractivity contribution in [2.45, 2.75) is 64.0 Å². The quantitative estimate of drug-likeness (QED) is 0.661. The van der Waals surface area contributed by atoms with E-state index < -0.39 is 0 Å². The molecule has 8 heteroatoms. The molecule has 3 aliphatic rings. The fourth-order valence-electron chi connectivity index (χ4n) is 4.99. The van der Waals surface area contributed by atoms with Crippen LogP contribution >= 0.6 is 0 Å². The number of likely N-dealkylation sites (tertiary alicyclic amines) is 1. The Morgan fingerprint density at radius 3 is 2.83 bits per heavy atom. The van der Waals surface area contributed by atoms with E-state index in [1.165, 1.54) is 19.1 Å². The summed E-state index contributed by atoms with van der Waals surface area (Å²) in [6.07, 6.45) is 11.5. The van der Waals surface area contributed by atoms with Gasteiger partial charge in [-0.05, 0) is 56.3 Å². The van der Waals surface area contributed by atoms with Gasteiger partial charge in [0, 0.05) is 32.0 Å². The molecule has 1 saturated heterocycles. The number of unbranched alkanes of at least 4 members (excludes halogenated alkanes) is 1. The SMILES string of the molecule is CCCCc1cn([C@@H]2C[C@@H]3CN(C(=O)c4ccon4)C[C@@H]3C[C@H]2OCC2CC2)nn1. The van der Waals surface area contributed by atoms with Crippen LogP contribution in [0.5, 0.6) is 0 Å². The van der Waals surface area contributed by atoms with Gasteiger partial charge in [-0.3, -0.25) is 4.79 Å². The fraction of sp³-hybridized carbons (Fsp3) is 0.727. The number of aromatic nitrogens is 4. The number of fused-ring (bicyclic) bond motifs is 1. The van der Waals surface area contributed by atoms with E-state index >= 15 is 0 Å². The average molecular weight is 414 g/mol. The molecule has 0 unspecified atom stereocenters. The highest BCUT2D eigenvalue weighted by atomic mass is 16.5. The second-order valence-corrected chi connectivity index (χ2v) is 9.26. The lowest BCUT2D eigenvalue weighted by atomic mass is 9.77. The Hall–Kier alpha value is -2.22. The van der Waals surface area contributed by atoms with Crippen molar-refractivity contribution in [2.75, 3.05) is 19.7 Å². The molecule has 0 bridgehead atoms. The first-order chi connectivity index (χ1) is 14.7. The third-order valence-electron chi connectivity index (χ3n) is 6.96. The van der Waals surface area contributed by atoms with Crippen molar-refractivity contribution in [2.24, 2.45) is 17.8 Å². The lowest BCUT2D eigenvalue weighted by Crippen LogP contribution is -2.38. The third-order valence-corrected chi connectivity index (χ3v) is 6.96. The van der Waals surface area contributed by atoms with Crippen LogP contribution in [-0.2, 0) is 11.2 Å². The van der Waals surface area contributed by atoms with Crippen molar-refractivity contribution in [3.05, 3.63) is 29.9 Å². The van der Waals surface area contributed by atoms with Crippen molar-refractivity contribution < 1.29 is 14.1 Å². The lowest BCUT2D eigenvalue weighted by Gasteiger charge is -2.37. The minimum atomic E-state index is -0.0345. The molecule has 2 saturated carbocycles. The molecule has 2 aromatic heterocycles. The molecule has 30 heavy (non-hydrogen) atoms.